The second kappa shape index (κ2) is 4.86. The molecule has 0 bridgehead atoms. The van der Waals surface area contributed by atoms with Gasteiger partial charge in [-0.1, -0.05) is 35.4 Å². The maximum Gasteiger partial charge on any atom is 0.234 e. The number of nitrogens with zero attached hydrogens (tertiary/aromatic N) is 4. The molecule has 0 unspecified atom stereocenters. The lowest BCUT2D eigenvalue weighted by molar-refractivity contribution is -0.152. The minimum absolute atomic E-state index is 0.192. The van der Waals surface area contributed by atoms with E-state index in [0.717, 1.165) is 5.56 Å². The summed E-state index contributed by atoms with van der Waals surface area (Å²) < 4.78 is 0. The van der Waals surface area contributed by atoms with Gasteiger partial charge in [0.15, 0.2) is 0 Å². The van der Waals surface area contributed by atoms with E-state index in [1.54, 1.807) is 0 Å². The lowest BCUT2D eigenvalue weighted by atomic mass is 9.95. The molecule has 0 saturated carbocycles. The normalized spacial score (nSPS) is 22.9. The first-order chi connectivity index (χ1) is 8.27. The van der Waals surface area contributed by atoms with Gasteiger partial charge in [-0.25, -0.2) is 0 Å². The summed E-state index contributed by atoms with van der Waals surface area (Å²) in [7, 11) is 0. The van der Waals surface area contributed by atoms with Gasteiger partial charge in [0.1, 0.15) is 6.04 Å². The number of hydrogen-bond donors (Lipinski definition) is 1. The van der Waals surface area contributed by atoms with Gasteiger partial charge in [0, 0.05) is 11.5 Å². The van der Waals surface area contributed by atoms with Crippen molar-refractivity contribution in [2.75, 3.05) is 6.61 Å². The second-order valence-corrected chi connectivity index (χ2v) is 3.85. The second-order valence-electron chi connectivity index (χ2n) is 3.85. The molecule has 1 N–H and O–H groups in total. The molecule has 1 aromatic carbocycles. The fourth-order valence-electron chi connectivity index (χ4n) is 1.94. The van der Waals surface area contributed by atoms with Crippen molar-refractivity contribution >= 4 is 5.91 Å². The van der Waals surface area contributed by atoms with Gasteiger partial charge >= 0.3 is 0 Å². The van der Waals surface area contributed by atoms with Crippen LogP contribution in [0.4, 0.5) is 0 Å². The molecule has 6 nitrogen and oxygen atoms in total. The van der Waals surface area contributed by atoms with Crippen LogP contribution in [-0.4, -0.2) is 34.6 Å². The number of rotatable bonds is 4. The van der Waals surface area contributed by atoms with Crippen molar-refractivity contribution in [1.29, 1.82) is 0 Å². The van der Waals surface area contributed by atoms with Crippen molar-refractivity contribution in [3.8, 4) is 0 Å². The number of hydrogen-bond acceptors (Lipinski definition) is 3. The predicted molar refractivity (Wildman–Crippen MR) is 60.8 cm³/mol. The molecule has 1 heterocycles. The zero-order valence-corrected chi connectivity index (χ0v) is 9.10. The summed E-state index contributed by atoms with van der Waals surface area (Å²) in [6.07, 6.45) is 0. The maximum absolute atomic E-state index is 11.7. The van der Waals surface area contributed by atoms with Crippen LogP contribution in [0.3, 0.4) is 0 Å². The Balaban J connectivity index is 2.08. The van der Waals surface area contributed by atoms with Crippen molar-refractivity contribution < 1.29 is 9.90 Å². The highest BCUT2D eigenvalue weighted by Crippen LogP contribution is 2.25. The molecule has 0 aliphatic carbocycles. The Labute approximate surface area is 98.1 Å². The van der Waals surface area contributed by atoms with E-state index in [1.165, 1.54) is 4.90 Å². The topological polar surface area (TPSA) is 89.3 Å². The Morgan fingerprint density at radius 2 is 2.12 bits per heavy atom. The molecule has 1 aromatic rings. The van der Waals surface area contributed by atoms with Gasteiger partial charge in [-0.15, -0.1) is 0 Å². The molecule has 1 aliphatic rings. The zero-order chi connectivity index (χ0) is 12.3. The van der Waals surface area contributed by atoms with Crippen LogP contribution in [0.2, 0.25) is 0 Å². The van der Waals surface area contributed by atoms with Crippen LogP contribution < -0.4 is 0 Å². The summed E-state index contributed by atoms with van der Waals surface area (Å²) in [6, 6.07) is 8.32. The molecular weight excluding hydrogens is 220 g/mol. The first-order valence-corrected chi connectivity index (χ1v) is 5.27. The van der Waals surface area contributed by atoms with Gasteiger partial charge in [0.2, 0.25) is 5.91 Å². The monoisotopic (exact) mass is 232 g/mol. The molecule has 0 aromatic heterocycles. The van der Waals surface area contributed by atoms with Gasteiger partial charge in [0.05, 0.1) is 12.6 Å². The number of benzene rings is 1. The summed E-state index contributed by atoms with van der Waals surface area (Å²) in [5.74, 6) is -0.231. The Morgan fingerprint density at radius 1 is 1.41 bits per heavy atom. The van der Waals surface area contributed by atoms with Crippen LogP contribution in [0, 0.1) is 0 Å². The lowest BCUT2D eigenvalue weighted by Gasteiger charge is -2.44. The van der Waals surface area contributed by atoms with Crippen LogP contribution in [0.25, 0.3) is 10.4 Å². The fraction of sp³-hybridized carbons (Fsp3) is 0.364. The Kier molecular flexibility index (Phi) is 3.27. The zero-order valence-electron chi connectivity index (χ0n) is 9.10. The standard InChI is InChI=1S/C11H12N4O2/c12-14-13-10-9(7-16)15(11(10)17)6-8-4-2-1-3-5-8/h1-5,9-10,16H,6-7H2/t9-,10+/m0/s1. The smallest absolute Gasteiger partial charge is 0.234 e. The molecule has 88 valence electrons. The summed E-state index contributed by atoms with van der Waals surface area (Å²) in [5.41, 5.74) is 9.30. The molecule has 6 heteroatoms. The average molecular weight is 232 g/mol. The van der Waals surface area contributed by atoms with E-state index < -0.39 is 12.1 Å². The van der Waals surface area contributed by atoms with E-state index in [0.29, 0.717) is 6.54 Å². The van der Waals surface area contributed by atoms with Gasteiger partial charge in [-0.2, -0.15) is 0 Å². The van der Waals surface area contributed by atoms with E-state index in [4.69, 9.17) is 5.53 Å². The number of aliphatic hydroxyl groups is 1. The lowest BCUT2D eigenvalue weighted by Crippen LogP contribution is -2.64. The molecule has 1 aliphatic heterocycles. The number of likely N-dealkylation sites (tertiary alicyclic amines) is 1. The third-order valence-corrected chi connectivity index (χ3v) is 2.86. The first kappa shape index (κ1) is 11.4. The molecule has 1 saturated heterocycles. The van der Waals surface area contributed by atoms with E-state index in [9.17, 15) is 9.90 Å². The number of amides is 1. The number of carbonyl (C=O) groups is 1. The van der Waals surface area contributed by atoms with Crippen molar-refractivity contribution in [3.63, 3.8) is 0 Å². The highest BCUT2D eigenvalue weighted by Gasteiger charge is 2.46. The summed E-state index contributed by atoms with van der Waals surface area (Å²) in [5, 5.41) is 12.6. The van der Waals surface area contributed by atoms with Crippen molar-refractivity contribution in [2.24, 2.45) is 5.11 Å². The molecule has 17 heavy (non-hydrogen) atoms. The third-order valence-electron chi connectivity index (χ3n) is 2.86. The highest BCUT2D eigenvalue weighted by molar-refractivity contribution is 5.89. The van der Waals surface area contributed by atoms with Crippen molar-refractivity contribution in [3.05, 3.63) is 46.3 Å². The van der Waals surface area contributed by atoms with E-state index in [1.807, 2.05) is 30.3 Å². The van der Waals surface area contributed by atoms with Gasteiger partial charge in [0.25, 0.3) is 0 Å². The van der Waals surface area contributed by atoms with Crippen LogP contribution >= 0.6 is 0 Å². The SMILES string of the molecule is [N-]=[N+]=N[C@H]1C(=O)N(Cc2ccccc2)[C@H]1CO. The fourth-order valence-corrected chi connectivity index (χ4v) is 1.94. The third kappa shape index (κ3) is 2.08. The summed E-state index contributed by atoms with van der Waals surface area (Å²) in [4.78, 5) is 15.8. The van der Waals surface area contributed by atoms with E-state index in [2.05, 4.69) is 10.0 Å². The quantitative estimate of drug-likeness (QED) is 0.364. The average Bonchev–Trinajstić information content (AvgIpc) is 2.38. The number of aliphatic hydroxyl groups excluding tert-OH is 1. The van der Waals surface area contributed by atoms with Gasteiger partial charge in [-0.3, -0.25) is 4.79 Å². The van der Waals surface area contributed by atoms with Crippen LogP contribution in [0.15, 0.2) is 35.4 Å². The molecule has 2 atom stereocenters. The largest absolute Gasteiger partial charge is 0.394 e. The maximum atomic E-state index is 11.7. The van der Waals surface area contributed by atoms with Crippen LogP contribution in [0.5, 0.6) is 0 Å². The Hall–Kier alpha value is -2.04. The molecule has 1 amide bonds. The number of carbonyl (C=O) groups excluding carboxylic acids is 1. The van der Waals surface area contributed by atoms with Gasteiger partial charge in [-0.05, 0) is 11.1 Å². The highest BCUT2D eigenvalue weighted by atomic mass is 16.3. The molecular formula is C11H12N4O2. The molecule has 0 radical (unpaired) electrons. The summed E-state index contributed by atoms with van der Waals surface area (Å²) in [6.45, 7) is 0.241. The minimum atomic E-state index is -0.756. The van der Waals surface area contributed by atoms with E-state index >= 15 is 0 Å². The number of azide groups is 1. The minimum Gasteiger partial charge on any atom is -0.394 e. The number of β-lactam (4-membered cyclic amide) rings is 1. The predicted octanol–water partition coefficient (Wildman–Crippen LogP) is 1.07. The Morgan fingerprint density at radius 3 is 2.71 bits per heavy atom. The first-order valence-electron chi connectivity index (χ1n) is 5.27. The van der Waals surface area contributed by atoms with Gasteiger partial charge < -0.3 is 10.0 Å². The molecule has 2 rings (SSSR count). The molecule has 0 spiro atoms. The van der Waals surface area contributed by atoms with Crippen LogP contribution in [-0.2, 0) is 11.3 Å². The molecule has 1 fully saturated rings. The summed E-state index contributed by atoms with van der Waals surface area (Å²) >= 11 is 0. The van der Waals surface area contributed by atoms with Crippen molar-refractivity contribution in [1.82, 2.24) is 4.90 Å². The van der Waals surface area contributed by atoms with E-state index in [-0.39, 0.29) is 12.5 Å². The Bertz CT molecular complexity index is 456. The van der Waals surface area contributed by atoms with Crippen molar-refractivity contribution in [2.45, 2.75) is 18.6 Å². The van der Waals surface area contributed by atoms with Crippen LogP contribution in [0.1, 0.15) is 5.56 Å².